The van der Waals surface area contributed by atoms with Crippen molar-refractivity contribution in [3.05, 3.63) is 39.2 Å². The summed E-state index contributed by atoms with van der Waals surface area (Å²) in [6, 6.07) is 3.53. The third-order valence-corrected chi connectivity index (χ3v) is 3.05. The molecule has 0 amide bonds. The molecule has 1 aliphatic rings. The van der Waals surface area contributed by atoms with Crippen molar-refractivity contribution < 1.29 is 5.03 Å². The smallest absolute Gasteiger partial charge is 0.276 e. The third kappa shape index (κ3) is 3.55. The van der Waals surface area contributed by atoms with Crippen LogP contribution in [0.15, 0.2) is 23.4 Å². The Morgan fingerprint density at radius 3 is 2.80 bits per heavy atom. The van der Waals surface area contributed by atoms with Crippen LogP contribution in [0.1, 0.15) is 5.56 Å². The number of hydrazone groups is 1. The minimum Gasteiger partial charge on any atom is -0.328 e. The topological polar surface area (TPSA) is 78.1 Å². The van der Waals surface area contributed by atoms with E-state index in [4.69, 9.17) is 11.6 Å². The Bertz CT molecular complexity index is 520. The highest BCUT2D eigenvalue weighted by molar-refractivity contribution is 6.29. The van der Waals surface area contributed by atoms with Gasteiger partial charge in [0.25, 0.3) is 5.96 Å². The number of guanidine groups is 1. The first-order valence-electron chi connectivity index (χ1n) is 5.94. The molecular formula is C11H15ClN6O2. The van der Waals surface area contributed by atoms with Gasteiger partial charge in [0.1, 0.15) is 10.3 Å². The van der Waals surface area contributed by atoms with E-state index in [1.807, 2.05) is 22.9 Å². The molecular weight excluding hydrogens is 284 g/mol. The molecule has 8 nitrogen and oxygen atoms in total. The molecule has 0 aromatic carbocycles. The third-order valence-electron chi connectivity index (χ3n) is 2.82. The lowest BCUT2D eigenvalue weighted by atomic mass is 10.2. The summed E-state index contributed by atoms with van der Waals surface area (Å²) in [5.41, 5.74) is 0.911. The summed E-state index contributed by atoms with van der Waals surface area (Å²) in [6.45, 7) is 1.62. The SMILES string of the molecule is CN1CN(C)/C(=N/[N+](=O)[O-])N(Cc2ccc(Cl)nc2)C1. The zero-order chi connectivity index (χ0) is 14.7. The van der Waals surface area contributed by atoms with Gasteiger partial charge in [-0.2, -0.15) is 0 Å². The van der Waals surface area contributed by atoms with Gasteiger partial charge in [0.2, 0.25) is 0 Å². The largest absolute Gasteiger partial charge is 0.328 e. The first-order chi connectivity index (χ1) is 9.45. The summed E-state index contributed by atoms with van der Waals surface area (Å²) in [5.74, 6) is 0.336. The second-order valence-corrected chi connectivity index (χ2v) is 5.05. The molecule has 9 heteroatoms. The van der Waals surface area contributed by atoms with E-state index in [9.17, 15) is 10.1 Å². The van der Waals surface area contributed by atoms with Gasteiger partial charge >= 0.3 is 0 Å². The molecule has 0 unspecified atom stereocenters. The van der Waals surface area contributed by atoms with Gasteiger partial charge in [-0.1, -0.05) is 17.7 Å². The normalized spacial score (nSPS) is 18.6. The Labute approximate surface area is 121 Å². The van der Waals surface area contributed by atoms with Gasteiger partial charge in [-0.05, 0) is 18.7 Å². The monoisotopic (exact) mass is 298 g/mol. The molecule has 0 aliphatic carbocycles. The maximum absolute atomic E-state index is 10.7. The molecule has 0 bridgehead atoms. The Balaban J connectivity index is 2.20. The molecule has 20 heavy (non-hydrogen) atoms. The highest BCUT2D eigenvalue weighted by Crippen LogP contribution is 2.13. The molecule has 0 atom stereocenters. The van der Waals surface area contributed by atoms with Gasteiger partial charge in [0, 0.05) is 19.8 Å². The van der Waals surface area contributed by atoms with Gasteiger partial charge in [-0.25, -0.2) is 15.1 Å². The van der Waals surface area contributed by atoms with Crippen LogP contribution in [0, 0.1) is 10.1 Å². The lowest BCUT2D eigenvalue weighted by molar-refractivity contribution is -0.486. The number of nitrogens with zero attached hydrogens (tertiary/aromatic N) is 6. The van der Waals surface area contributed by atoms with Crippen LogP contribution in [-0.4, -0.2) is 58.1 Å². The van der Waals surface area contributed by atoms with Gasteiger partial charge in [-0.15, -0.1) is 0 Å². The zero-order valence-electron chi connectivity index (χ0n) is 11.2. The highest BCUT2D eigenvalue weighted by atomic mass is 35.5. The molecule has 1 aliphatic heterocycles. The zero-order valence-corrected chi connectivity index (χ0v) is 12.0. The van der Waals surface area contributed by atoms with Crippen molar-refractivity contribution in [3.8, 4) is 0 Å². The van der Waals surface area contributed by atoms with Crippen LogP contribution < -0.4 is 0 Å². The number of hydrogen-bond donors (Lipinski definition) is 0. The summed E-state index contributed by atoms with van der Waals surface area (Å²) < 4.78 is 0. The molecule has 0 radical (unpaired) electrons. The van der Waals surface area contributed by atoms with Crippen molar-refractivity contribution in [2.45, 2.75) is 6.54 Å². The van der Waals surface area contributed by atoms with E-state index >= 15 is 0 Å². The van der Waals surface area contributed by atoms with E-state index in [1.165, 1.54) is 0 Å². The standard InChI is InChI=1S/C11H15ClN6O2/c1-15-7-16(2)11(14-18(19)20)17(8-15)6-9-3-4-10(12)13-5-9/h3-5H,6-8H2,1-2H3/b14-11-. The molecule has 1 saturated heterocycles. The van der Waals surface area contributed by atoms with Crippen molar-refractivity contribution in [1.29, 1.82) is 0 Å². The highest BCUT2D eigenvalue weighted by Gasteiger charge is 2.27. The predicted octanol–water partition coefficient (Wildman–Crippen LogP) is 0.877. The quantitative estimate of drug-likeness (QED) is 0.468. The average molecular weight is 299 g/mol. The van der Waals surface area contributed by atoms with Gasteiger partial charge < -0.3 is 9.80 Å². The number of aromatic nitrogens is 1. The van der Waals surface area contributed by atoms with Crippen LogP contribution in [0.2, 0.25) is 5.15 Å². The van der Waals surface area contributed by atoms with E-state index in [-0.39, 0.29) is 0 Å². The molecule has 2 rings (SSSR count). The van der Waals surface area contributed by atoms with Crippen LogP contribution in [0.4, 0.5) is 0 Å². The lowest BCUT2D eigenvalue weighted by Gasteiger charge is -2.40. The summed E-state index contributed by atoms with van der Waals surface area (Å²) in [7, 11) is 3.71. The Morgan fingerprint density at radius 1 is 1.45 bits per heavy atom. The van der Waals surface area contributed by atoms with Crippen LogP contribution in [0.25, 0.3) is 0 Å². The molecule has 0 saturated carbocycles. The summed E-state index contributed by atoms with van der Waals surface area (Å²) in [6.07, 6.45) is 1.65. The van der Waals surface area contributed by atoms with E-state index in [1.54, 1.807) is 24.2 Å². The van der Waals surface area contributed by atoms with E-state index < -0.39 is 5.03 Å². The molecule has 1 aromatic rings. The minimum absolute atomic E-state index is 0.336. The molecule has 0 N–H and O–H groups in total. The Morgan fingerprint density at radius 2 is 2.20 bits per heavy atom. The molecule has 1 fully saturated rings. The van der Waals surface area contributed by atoms with Crippen LogP contribution in [-0.2, 0) is 6.54 Å². The fourth-order valence-electron chi connectivity index (χ4n) is 2.12. The van der Waals surface area contributed by atoms with Crippen molar-refractivity contribution in [3.63, 3.8) is 0 Å². The number of pyridine rings is 1. The summed E-state index contributed by atoms with van der Waals surface area (Å²) in [5, 5.41) is 13.9. The molecule has 2 heterocycles. The first kappa shape index (κ1) is 14.5. The van der Waals surface area contributed by atoms with E-state index in [0.29, 0.717) is 31.0 Å². The second-order valence-electron chi connectivity index (χ2n) is 4.66. The minimum atomic E-state index is -0.676. The molecule has 1 aromatic heterocycles. The second kappa shape index (κ2) is 6.02. The van der Waals surface area contributed by atoms with E-state index in [0.717, 1.165) is 5.56 Å². The lowest BCUT2D eigenvalue weighted by Crippen LogP contribution is -2.56. The fraction of sp³-hybridized carbons (Fsp3) is 0.455. The van der Waals surface area contributed by atoms with Gasteiger partial charge in [0.05, 0.1) is 13.3 Å². The van der Waals surface area contributed by atoms with Crippen LogP contribution >= 0.6 is 11.6 Å². The van der Waals surface area contributed by atoms with Crippen molar-refractivity contribution in [2.75, 3.05) is 27.4 Å². The van der Waals surface area contributed by atoms with E-state index in [2.05, 4.69) is 10.1 Å². The van der Waals surface area contributed by atoms with Crippen LogP contribution in [0.3, 0.4) is 0 Å². The van der Waals surface area contributed by atoms with Crippen molar-refractivity contribution in [2.24, 2.45) is 5.10 Å². The maximum atomic E-state index is 10.7. The maximum Gasteiger partial charge on any atom is 0.276 e. The number of rotatable bonds is 3. The molecule has 0 spiro atoms. The number of halogens is 1. The summed E-state index contributed by atoms with van der Waals surface area (Å²) >= 11 is 5.74. The van der Waals surface area contributed by atoms with Crippen molar-refractivity contribution in [1.82, 2.24) is 19.7 Å². The van der Waals surface area contributed by atoms with Crippen LogP contribution in [0.5, 0.6) is 0 Å². The predicted molar refractivity (Wildman–Crippen MR) is 74.5 cm³/mol. The summed E-state index contributed by atoms with van der Waals surface area (Å²) in [4.78, 5) is 20.2. The Hall–Kier alpha value is -1.93. The number of nitro groups is 1. The fourth-order valence-corrected chi connectivity index (χ4v) is 2.23. The molecule has 108 valence electrons. The van der Waals surface area contributed by atoms with Gasteiger partial charge in [-0.3, -0.25) is 4.90 Å². The number of hydrogen-bond acceptors (Lipinski definition) is 4. The average Bonchev–Trinajstić information content (AvgIpc) is 2.36. The van der Waals surface area contributed by atoms with Gasteiger partial charge in [0.15, 0.2) is 5.03 Å². The van der Waals surface area contributed by atoms with Crippen molar-refractivity contribution >= 4 is 17.6 Å². The first-order valence-corrected chi connectivity index (χ1v) is 6.31. The Kier molecular flexibility index (Phi) is 4.35.